The number of carbonyl (C=O) groups is 1. The summed E-state index contributed by atoms with van der Waals surface area (Å²) in [5.74, 6) is -3.99. The molecule has 1 amide bonds. The molecular formula is C25H26Cl2NOP. The molecule has 0 bridgehead atoms. The molecule has 0 saturated heterocycles. The van der Waals surface area contributed by atoms with E-state index in [4.69, 9.17) is 22.8 Å². The maximum absolute atomic E-state index is 13.1. The molecule has 0 aliphatic rings. The minimum absolute atomic E-state index is 0.146. The molecule has 3 aromatic carbocycles. The average molecular weight is 458 g/mol. The van der Waals surface area contributed by atoms with Gasteiger partial charge in [-0.25, -0.2) is 0 Å². The van der Waals surface area contributed by atoms with Crippen molar-refractivity contribution in [3.63, 3.8) is 0 Å². The van der Waals surface area contributed by atoms with Crippen LogP contribution in [0.15, 0.2) is 102 Å². The second-order valence-electron chi connectivity index (χ2n) is 8.21. The van der Waals surface area contributed by atoms with E-state index in [0.29, 0.717) is 5.44 Å². The summed E-state index contributed by atoms with van der Waals surface area (Å²) in [5.41, 5.74) is 1.33. The number of amides is 1. The second-order valence-corrected chi connectivity index (χ2v) is 14.5. The summed E-state index contributed by atoms with van der Waals surface area (Å²) in [7, 11) is 0. The van der Waals surface area contributed by atoms with Crippen LogP contribution < -0.4 is 21.2 Å². The van der Waals surface area contributed by atoms with Gasteiger partial charge < -0.3 is 0 Å². The van der Waals surface area contributed by atoms with Crippen molar-refractivity contribution < 1.29 is 4.79 Å². The van der Waals surface area contributed by atoms with Gasteiger partial charge >= 0.3 is 189 Å². The van der Waals surface area contributed by atoms with Crippen molar-refractivity contribution in [2.75, 3.05) is 0 Å². The van der Waals surface area contributed by atoms with E-state index in [-0.39, 0.29) is 5.91 Å². The number of halogens is 2. The van der Waals surface area contributed by atoms with Gasteiger partial charge in [0.15, 0.2) is 0 Å². The van der Waals surface area contributed by atoms with Crippen LogP contribution in [0.25, 0.3) is 0 Å². The van der Waals surface area contributed by atoms with Crippen molar-refractivity contribution in [1.82, 2.24) is 5.32 Å². The first-order valence-corrected chi connectivity index (χ1v) is 13.3. The Labute approximate surface area is 188 Å². The van der Waals surface area contributed by atoms with Gasteiger partial charge in [0.2, 0.25) is 0 Å². The molecule has 3 aromatic rings. The minimum atomic E-state index is -3.85. The number of carbonyl (C=O) groups excluding carboxylic acids is 1. The van der Waals surface area contributed by atoms with Crippen LogP contribution in [0.4, 0.5) is 0 Å². The van der Waals surface area contributed by atoms with E-state index in [0.717, 1.165) is 15.9 Å². The molecule has 0 heterocycles. The van der Waals surface area contributed by atoms with Crippen molar-refractivity contribution in [2.45, 2.75) is 20.8 Å². The van der Waals surface area contributed by atoms with Gasteiger partial charge in [0, 0.05) is 0 Å². The van der Waals surface area contributed by atoms with Gasteiger partial charge in [-0.1, -0.05) is 0 Å². The van der Waals surface area contributed by atoms with Crippen LogP contribution in [0.1, 0.15) is 20.8 Å². The molecule has 5 heteroatoms. The van der Waals surface area contributed by atoms with E-state index in [9.17, 15) is 4.79 Å². The number of hydrogen-bond acceptors (Lipinski definition) is 1. The molecule has 0 unspecified atom stereocenters. The van der Waals surface area contributed by atoms with E-state index in [2.05, 4.69) is 5.32 Å². The number of nitrogens with one attached hydrogen (secondary N) is 1. The molecule has 30 heavy (non-hydrogen) atoms. The summed E-state index contributed by atoms with van der Waals surface area (Å²) in [5, 5.41) is 5.82. The molecule has 1 N–H and O–H groups in total. The monoisotopic (exact) mass is 457 g/mol. The molecule has 0 saturated carbocycles. The van der Waals surface area contributed by atoms with Crippen LogP contribution in [0.2, 0.25) is 0 Å². The van der Waals surface area contributed by atoms with Crippen molar-refractivity contribution in [1.29, 1.82) is 0 Å². The van der Waals surface area contributed by atoms with Crippen molar-refractivity contribution in [3.8, 4) is 0 Å². The standard InChI is InChI=1S/C25H26Cl2NOP/c1-25(2,3)24(29)28-23(19-26)30(27,20-13-7-4-8-14-20,21-15-9-5-10-16-21)22-17-11-6-12-18-22/h4-19H,1-3H3,(H,28,29)/b23-19+. The van der Waals surface area contributed by atoms with Gasteiger partial charge in [0.25, 0.3) is 0 Å². The molecule has 0 radical (unpaired) electrons. The van der Waals surface area contributed by atoms with Crippen LogP contribution in [0.5, 0.6) is 0 Å². The quantitative estimate of drug-likeness (QED) is 0.476. The van der Waals surface area contributed by atoms with Gasteiger partial charge in [-0.2, -0.15) is 0 Å². The van der Waals surface area contributed by atoms with Crippen molar-refractivity contribution >= 4 is 50.6 Å². The molecule has 156 valence electrons. The first-order chi connectivity index (χ1) is 14.2. The van der Waals surface area contributed by atoms with Gasteiger partial charge in [0.1, 0.15) is 0 Å². The Morgan fingerprint density at radius 3 is 1.37 bits per heavy atom. The van der Waals surface area contributed by atoms with E-state index in [1.807, 2.05) is 112 Å². The van der Waals surface area contributed by atoms with Crippen molar-refractivity contribution in [2.24, 2.45) is 5.41 Å². The van der Waals surface area contributed by atoms with Crippen LogP contribution in [0, 0.1) is 5.41 Å². The Hall–Kier alpha value is -2.12. The third-order valence-corrected chi connectivity index (χ3v) is 12.8. The first-order valence-electron chi connectivity index (χ1n) is 9.76. The first kappa shape index (κ1) is 22.6. The summed E-state index contributed by atoms with van der Waals surface area (Å²) < 4.78 is 0. The fourth-order valence-corrected chi connectivity index (χ4v) is 10.0. The molecule has 0 aromatic heterocycles. The number of rotatable bonds is 5. The van der Waals surface area contributed by atoms with Gasteiger partial charge in [0.05, 0.1) is 0 Å². The van der Waals surface area contributed by atoms with Crippen LogP contribution in [0.3, 0.4) is 0 Å². The fraction of sp³-hybridized carbons (Fsp3) is 0.160. The fourth-order valence-electron chi connectivity index (χ4n) is 3.52. The van der Waals surface area contributed by atoms with E-state index in [1.54, 1.807) is 0 Å². The predicted octanol–water partition coefficient (Wildman–Crippen LogP) is 5.87. The summed E-state index contributed by atoms with van der Waals surface area (Å²) in [6.45, 7) is 5.60. The zero-order chi connectivity index (χ0) is 21.9. The average Bonchev–Trinajstić information content (AvgIpc) is 2.78. The third-order valence-electron chi connectivity index (χ3n) is 5.20. The zero-order valence-electron chi connectivity index (χ0n) is 17.3. The zero-order valence-corrected chi connectivity index (χ0v) is 19.8. The van der Waals surface area contributed by atoms with E-state index >= 15 is 0 Å². The maximum atomic E-state index is 13.1. The molecular weight excluding hydrogens is 432 g/mol. The third kappa shape index (κ3) is 3.69. The van der Waals surface area contributed by atoms with Crippen molar-refractivity contribution in [3.05, 3.63) is 102 Å². The predicted molar refractivity (Wildman–Crippen MR) is 133 cm³/mol. The Kier molecular flexibility index (Phi) is 6.43. The molecule has 2 nitrogen and oxygen atoms in total. The Balaban J connectivity index is 2.46. The second kappa shape index (κ2) is 8.55. The van der Waals surface area contributed by atoms with Gasteiger partial charge in [-0.3, -0.25) is 0 Å². The Morgan fingerprint density at radius 2 is 1.10 bits per heavy atom. The SMILES string of the molecule is CC(C)(C)C(=O)N/C(=C\Cl)P(Cl)(c1ccccc1)(c1ccccc1)c1ccccc1. The molecule has 0 spiro atoms. The summed E-state index contributed by atoms with van der Waals surface area (Å²) in [6.07, 6.45) is 0. The molecule has 0 aliphatic carbocycles. The summed E-state index contributed by atoms with van der Waals surface area (Å²) >= 11 is 14.5. The Morgan fingerprint density at radius 1 is 0.767 bits per heavy atom. The molecule has 0 aliphatic heterocycles. The summed E-state index contributed by atoms with van der Waals surface area (Å²) in [6, 6.07) is 29.7. The van der Waals surface area contributed by atoms with Crippen LogP contribution in [-0.4, -0.2) is 5.91 Å². The Bertz CT molecular complexity index is 945. The normalized spacial score (nSPS) is 13.9. The number of hydrogen-bond donors (Lipinski definition) is 1. The van der Waals surface area contributed by atoms with E-state index in [1.165, 1.54) is 5.54 Å². The van der Waals surface area contributed by atoms with Crippen LogP contribution in [-0.2, 0) is 4.79 Å². The van der Waals surface area contributed by atoms with Crippen LogP contribution >= 0.6 is 28.8 Å². The van der Waals surface area contributed by atoms with Gasteiger partial charge in [-0.15, -0.1) is 0 Å². The topological polar surface area (TPSA) is 29.1 Å². The number of benzene rings is 3. The molecule has 0 atom stereocenters. The van der Waals surface area contributed by atoms with E-state index < -0.39 is 11.4 Å². The van der Waals surface area contributed by atoms with Gasteiger partial charge in [-0.05, 0) is 0 Å². The summed E-state index contributed by atoms with van der Waals surface area (Å²) in [4.78, 5) is 13.1. The molecule has 3 rings (SSSR count). The molecule has 0 fully saturated rings.